The maximum absolute atomic E-state index is 12.4. The summed E-state index contributed by atoms with van der Waals surface area (Å²) < 4.78 is 0. The normalized spacial score (nSPS) is 19.4. The molecule has 0 spiro atoms. The van der Waals surface area contributed by atoms with Gasteiger partial charge in [0.25, 0.3) is 5.91 Å². The van der Waals surface area contributed by atoms with E-state index < -0.39 is 0 Å². The summed E-state index contributed by atoms with van der Waals surface area (Å²) in [5, 5.41) is 3.98. The Bertz CT molecular complexity index is 413. The lowest BCUT2D eigenvalue weighted by atomic mass is 9.99. The number of H-pyrrole nitrogens is 1. The fraction of sp³-hybridized carbons (Fsp3) is 0.643. The molecular weight excluding hydrogens is 262 g/mol. The molecular formula is C14H22ClN3O. The minimum Gasteiger partial charge on any atom is -0.356 e. The second kappa shape index (κ2) is 6.96. The summed E-state index contributed by atoms with van der Waals surface area (Å²) >= 11 is 5.87. The first-order valence-electron chi connectivity index (χ1n) is 7.04. The van der Waals surface area contributed by atoms with E-state index in [0.29, 0.717) is 16.6 Å². The van der Waals surface area contributed by atoms with Crippen molar-refractivity contribution in [3.05, 3.63) is 23.0 Å². The summed E-state index contributed by atoms with van der Waals surface area (Å²) in [7, 11) is 0. The summed E-state index contributed by atoms with van der Waals surface area (Å²) in [6.07, 6.45) is 5.03. The third-order valence-electron chi connectivity index (χ3n) is 3.54. The molecule has 2 N–H and O–H groups in total. The van der Waals surface area contributed by atoms with E-state index in [9.17, 15) is 4.79 Å². The monoisotopic (exact) mass is 283 g/mol. The van der Waals surface area contributed by atoms with Gasteiger partial charge < -0.3 is 15.2 Å². The Morgan fingerprint density at radius 3 is 3.00 bits per heavy atom. The lowest BCUT2D eigenvalue weighted by Gasteiger charge is -2.29. The van der Waals surface area contributed by atoms with Crippen LogP contribution in [0.1, 0.15) is 36.7 Å². The molecule has 1 aromatic heterocycles. The number of aromatic nitrogens is 1. The van der Waals surface area contributed by atoms with Crippen LogP contribution in [0, 0.1) is 5.92 Å². The topological polar surface area (TPSA) is 48.1 Å². The zero-order valence-electron chi connectivity index (χ0n) is 11.4. The SMILES string of the molecule is CCCN(CC1CCCNC1)C(=O)c1cc(Cl)c[nH]1. The van der Waals surface area contributed by atoms with Gasteiger partial charge in [0.05, 0.1) is 5.02 Å². The molecule has 1 aliphatic rings. The Kier molecular flexibility index (Phi) is 5.28. The number of amides is 1. The second-order valence-corrected chi connectivity index (χ2v) is 5.63. The number of rotatable bonds is 5. The molecule has 19 heavy (non-hydrogen) atoms. The molecule has 2 rings (SSSR count). The van der Waals surface area contributed by atoms with E-state index in [1.54, 1.807) is 12.3 Å². The molecule has 1 aromatic rings. The molecule has 0 aliphatic carbocycles. The fourth-order valence-corrected chi connectivity index (χ4v) is 2.76. The van der Waals surface area contributed by atoms with Gasteiger partial charge in [-0.1, -0.05) is 18.5 Å². The third kappa shape index (κ3) is 3.98. The predicted molar refractivity (Wildman–Crippen MR) is 77.6 cm³/mol. The lowest BCUT2D eigenvalue weighted by Crippen LogP contribution is -2.41. The molecule has 1 saturated heterocycles. The van der Waals surface area contributed by atoms with Crippen LogP contribution < -0.4 is 5.32 Å². The van der Waals surface area contributed by atoms with Crippen LogP contribution in [0.25, 0.3) is 0 Å². The van der Waals surface area contributed by atoms with Gasteiger partial charge in [-0.2, -0.15) is 0 Å². The van der Waals surface area contributed by atoms with Gasteiger partial charge in [0.15, 0.2) is 0 Å². The molecule has 2 heterocycles. The quantitative estimate of drug-likeness (QED) is 0.872. The van der Waals surface area contributed by atoms with Crippen molar-refractivity contribution in [3.63, 3.8) is 0 Å². The van der Waals surface area contributed by atoms with Crippen molar-refractivity contribution in [2.75, 3.05) is 26.2 Å². The van der Waals surface area contributed by atoms with Crippen LogP contribution in [-0.2, 0) is 0 Å². The summed E-state index contributed by atoms with van der Waals surface area (Å²) in [6, 6.07) is 1.70. The maximum atomic E-state index is 12.4. The molecule has 106 valence electrons. The molecule has 1 fully saturated rings. The van der Waals surface area contributed by atoms with Crippen molar-refractivity contribution >= 4 is 17.5 Å². The van der Waals surface area contributed by atoms with Crippen LogP contribution in [0.5, 0.6) is 0 Å². The zero-order valence-corrected chi connectivity index (χ0v) is 12.2. The molecule has 0 radical (unpaired) electrons. The van der Waals surface area contributed by atoms with E-state index in [1.807, 2.05) is 4.90 Å². The largest absolute Gasteiger partial charge is 0.356 e. The Morgan fingerprint density at radius 1 is 1.58 bits per heavy atom. The molecule has 1 aliphatic heterocycles. The molecule has 5 heteroatoms. The van der Waals surface area contributed by atoms with Gasteiger partial charge in [0.2, 0.25) is 0 Å². The van der Waals surface area contributed by atoms with Gasteiger partial charge >= 0.3 is 0 Å². The number of carbonyl (C=O) groups is 1. The minimum absolute atomic E-state index is 0.0549. The Balaban J connectivity index is 1.99. The van der Waals surface area contributed by atoms with E-state index in [-0.39, 0.29) is 5.91 Å². The van der Waals surface area contributed by atoms with E-state index in [0.717, 1.165) is 32.6 Å². The number of piperidine rings is 1. The number of carbonyl (C=O) groups excluding carboxylic acids is 1. The van der Waals surface area contributed by atoms with E-state index >= 15 is 0 Å². The second-order valence-electron chi connectivity index (χ2n) is 5.20. The predicted octanol–water partition coefficient (Wildman–Crippen LogP) is 2.52. The molecule has 1 amide bonds. The average molecular weight is 284 g/mol. The van der Waals surface area contributed by atoms with E-state index in [4.69, 9.17) is 11.6 Å². The number of halogens is 1. The fourth-order valence-electron chi connectivity index (χ4n) is 2.60. The summed E-state index contributed by atoms with van der Waals surface area (Å²) in [6.45, 7) is 5.84. The van der Waals surface area contributed by atoms with Gasteiger partial charge in [-0.3, -0.25) is 4.79 Å². The molecule has 4 nitrogen and oxygen atoms in total. The van der Waals surface area contributed by atoms with Crippen LogP contribution in [0.15, 0.2) is 12.3 Å². The minimum atomic E-state index is 0.0549. The highest BCUT2D eigenvalue weighted by Gasteiger charge is 2.22. The molecule has 1 atom stereocenters. The molecule has 0 aromatic carbocycles. The highest BCUT2D eigenvalue weighted by Crippen LogP contribution is 2.16. The summed E-state index contributed by atoms with van der Waals surface area (Å²) in [5.74, 6) is 0.619. The summed E-state index contributed by atoms with van der Waals surface area (Å²) in [5.41, 5.74) is 0.585. The first-order valence-corrected chi connectivity index (χ1v) is 7.42. The van der Waals surface area contributed by atoms with E-state index in [1.165, 1.54) is 12.8 Å². The van der Waals surface area contributed by atoms with Crippen molar-refractivity contribution in [3.8, 4) is 0 Å². The van der Waals surface area contributed by atoms with Crippen molar-refractivity contribution in [1.82, 2.24) is 15.2 Å². The van der Waals surface area contributed by atoms with Crippen LogP contribution >= 0.6 is 11.6 Å². The first kappa shape index (κ1) is 14.4. The van der Waals surface area contributed by atoms with Gasteiger partial charge in [0.1, 0.15) is 5.69 Å². The maximum Gasteiger partial charge on any atom is 0.270 e. The van der Waals surface area contributed by atoms with Crippen LogP contribution in [0.2, 0.25) is 5.02 Å². The van der Waals surface area contributed by atoms with Crippen molar-refractivity contribution in [2.24, 2.45) is 5.92 Å². The van der Waals surface area contributed by atoms with Gasteiger partial charge in [-0.05, 0) is 44.3 Å². The van der Waals surface area contributed by atoms with Gasteiger partial charge in [-0.15, -0.1) is 0 Å². The van der Waals surface area contributed by atoms with Gasteiger partial charge in [-0.25, -0.2) is 0 Å². The smallest absolute Gasteiger partial charge is 0.270 e. The number of hydrogen-bond acceptors (Lipinski definition) is 2. The molecule has 0 saturated carbocycles. The first-order chi connectivity index (χ1) is 9.20. The van der Waals surface area contributed by atoms with Crippen LogP contribution in [-0.4, -0.2) is 42.0 Å². The van der Waals surface area contributed by atoms with Crippen molar-refractivity contribution < 1.29 is 4.79 Å². The van der Waals surface area contributed by atoms with Crippen LogP contribution in [0.3, 0.4) is 0 Å². The highest BCUT2D eigenvalue weighted by molar-refractivity contribution is 6.30. The number of nitrogens with zero attached hydrogens (tertiary/aromatic N) is 1. The standard InChI is InChI=1S/C14H22ClN3O/c1-2-6-18(10-11-4-3-5-16-8-11)14(19)13-7-12(15)9-17-13/h7,9,11,16-17H,2-6,8,10H2,1H3. The van der Waals surface area contributed by atoms with Crippen molar-refractivity contribution in [1.29, 1.82) is 0 Å². The number of nitrogens with one attached hydrogen (secondary N) is 2. The number of hydrogen-bond donors (Lipinski definition) is 2. The molecule has 1 unspecified atom stereocenters. The van der Waals surface area contributed by atoms with Crippen molar-refractivity contribution in [2.45, 2.75) is 26.2 Å². The molecule has 0 bridgehead atoms. The Hall–Kier alpha value is -1.00. The average Bonchev–Trinajstić information content (AvgIpc) is 2.85. The summed E-state index contributed by atoms with van der Waals surface area (Å²) in [4.78, 5) is 17.3. The Labute approximate surface area is 119 Å². The zero-order chi connectivity index (χ0) is 13.7. The van der Waals surface area contributed by atoms with Crippen LogP contribution in [0.4, 0.5) is 0 Å². The van der Waals surface area contributed by atoms with E-state index in [2.05, 4.69) is 17.2 Å². The third-order valence-corrected chi connectivity index (χ3v) is 3.75. The Morgan fingerprint density at radius 2 is 2.42 bits per heavy atom. The number of aromatic amines is 1. The lowest BCUT2D eigenvalue weighted by molar-refractivity contribution is 0.0713. The highest BCUT2D eigenvalue weighted by atomic mass is 35.5. The van der Waals surface area contributed by atoms with Gasteiger partial charge in [0, 0.05) is 19.3 Å².